The maximum Gasteiger partial charge on any atom is 0.417 e. The van der Waals surface area contributed by atoms with Gasteiger partial charge in [0.05, 0.1) is 5.52 Å². The van der Waals surface area contributed by atoms with Gasteiger partial charge in [-0.1, -0.05) is 30.3 Å². The number of hydrogen-bond acceptors (Lipinski definition) is 6. The van der Waals surface area contributed by atoms with Crippen LogP contribution < -0.4 is 5.32 Å². The molecule has 4 rings (SSSR count). The highest BCUT2D eigenvalue weighted by Crippen LogP contribution is 2.26. The monoisotopic (exact) mass is 408 g/mol. The molecule has 1 unspecified atom stereocenters. The van der Waals surface area contributed by atoms with Crippen molar-refractivity contribution in [2.45, 2.75) is 31.8 Å². The van der Waals surface area contributed by atoms with Crippen LogP contribution in [0.15, 0.2) is 42.6 Å². The van der Waals surface area contributed by atoms with Gasteiger partial charge in [0.25, 0.3) is 0 Å². The van der Waals surface area contributed by atoms with Crippen LogP contribution in [0.25, 0.3) is 11.2 Å². The Balaban J connectivity index is 1.59. The molecule has 3 aromatic rings. The third kappa shape index (κ3) is 4.65. The lowest BCUT2D eigenvalue weighted by Gasteiger charge is -2.21. The van der Waals surface area contributed by atoms with E-state index in [1.165, 1.54) is 0 Å². The van der Waals surface area contributed by atoms with E-state index in [0.717, 1.165) is 54.8 Å². The van der Waals surface area contributed by atoms with E-state index in [0.29, 0.717) is 18.0 Å². The number of rotatable bonds is 6. The van der Waals surface area contributed by atoms with Crippen LogP contribution in [0.3, 0.4) is 0 Å². The zero-order valence-electron chi connectivity index (χ0n) is 16.5. The Labute approximate surface area is 173 Å². The summed E-state index contributed by atoms with van der Waals surface area (Å²) in [5, 5.41) is 12.3. The second-order valence-corrected chi connectivity index (χ2v) is 7.56. The summed E-state index contributed by atoms with van der Waals surface area (Å²) in [6.45, 7) is 2.06. The van der Waals surface area contributed by atoms with Crippen molar-refractivity contribution in [1.29, 1.82) is 0 Å². The molecule has 0 bridgehead atoms. The van der Waals surface area contributed by atoms with E-state index >= 15 is 0 Å². The minimum absolute atomic E-state index is 0.317. The first-order chi connectivity index (χ1) is 14.6. The van der Waals surface area contributed by atoms with Crippen molar-refractivity contribution >= 4 is 23.1 Å². The number of imidazole rings is 1. The number of H-pyrrole nitrogens is 1. The number of ether oxygens (including phenoxy) is 1. The highest BCUT2D eigenvalue weighted by molar-refractivity contribution is 6.28. The van der Waals surface area contributed by atoms with E-state index < -0.39 is 18.0 Å². The average Bonchev–Trinajstić information content (AvgIpc) is 3.18. The number of fused-ring (bicyclic) bond motifs is 1. The molecule has 1 aliphatic rings. The fourth-order valence-corrected chi connectivity index (χ4v) is 3.91. The van der Waals surface area contributed by atoms with Crippen LogP contribution in [0.5, 0.6) is 0 Å². The lowest BCUT2D eigenvalue weighted by atomic mass is 9.94. The Hall–Kier alpha value is -3.26. The number of aromatic amines is 1. The first kappa shape index (κ1) is 20.0. The number of carboxylic acids is 1. The van der Waals surface area contributed by atoms with E-state index in [4.69, 9.17) is 9.84 Å². The van der Waals surface area contributed by atoms with Crippen molar-refractivity contribution in [3.63, 3.8) is 0 Å². The smallest absolute Gasteiger partial charge is 0.417 e. The van der Waals surface area contributed by atoms with Crippen molar-refractivity contribution in [2.75, 3.05) is 13.1 Å². The maximum absolute atomic E-state index is 11.7. The molecule has 1 aliphatic heterocycles. The number of hydrogen-bond donors (Lipinski definition) is 3. The number of piperidine rings is 1. The number of esters is 1. The first-order valence-electron chi connectivity index (χ1n) is 10.1. The molecule has 156 valence electrons. The van der Waals surface area contributed by atoms with Crippen LogP contribution in [0.1, 0.15) is 35.9 Å². The van der Waals surface area contributed by atoms with Gasteiger partial charge in [0, 0.05) is 19.0 Å². The Bertz CT molecular complexity index is 1030. The summed E-state index contributed by atoms with van der Waals surface area (Å²) >= 11 is 0. The Morgan fingerprint density at radius 1 is 1.17 bits per heavy atom. The van der Waals surface area contributed by atoms with E-state index in [-0.39, 0.29) is 0 Å². The molecule has 0 spiro atoms. The number of carboxylic acid groups (broad SMARTS) is 1. The summed E-state index contributed by atoms with van der Waals surface area (Å²) in [7, 11) is 0. The number of pyridine rings is 1. The molecule has 30 heavy (non-hydrogen) atoms. The molecule has 1 atom stereocenters. The quantitative estimate of drug-likeness (QED) is 0.423. The van der Waals surface area contributed by atoms with Crippen molar-refractivity contribution in [3.8, 4) is 0 Å². The maximum atomic E-state index is 11.7. The summed E-state index contributed by atoms with van der Waals surface area (Å²) in [5.41, 5.74) is 3.02. The third-order valence-electron chi connectivity index (χ3n) is 5.47. The summed E-state index contributed by atoms with van der Waals surface area (Å²) < 4.78 is 5.28. The molecular formula is C22H24N4O4. The highest BCUT2D eigenvalue weighted by Gasteiger charge is 2.24. The molecule has 0 radical (unpaired) electrons. The fourth-order valence-electron chi connectivity index (χ4n) is 3.91. The van der Waals surface area contributed by atoms with Crippen LogP contribution in [-0.4, -0.2) is 45.1 Å². The molecule has 0 aliphatic carbocycles. The molecular weight excluding hydrogens is 384 g/mol. The molecule has 2 aromatic heterocycles. The normalized spacial score (nSPS) is 15.7. The number of nitrogens with zero attached hydrogens (tertiary/aromatic N) is 2. The largest absolute Gasteiger partial charge is 0.473 e. The predicted molar refractivity (Wildman–Crippen MR) is 110 cm³/mol. The molecule has 1 fully saturated rings. The van der Waals surface area contributed by atoms with Gasteiger partial charge in [-0.05, 0) is 49.0 Å². The average molecular weight is 408 g/mol. The second-order valence-electron chi connectivity index (χ2n) is 7.56. The van der Waals surface area contributed by atoms with Crippen LogP contribution in [0, 0.1) is 5.92 Å². The predicted octanol–water partition coefficient (Wildman–Crippen LogP) is 2.41. The van der Waals surface area contributed by atoms with Gasteiger partial charge < -0.3 is 20.1 Å². The van der Waals surface area contributed by atoms with E-state index in [1.807, 2.05) is 36.4 Å². The van der Waals surface area contributed by atoms with Crippen molar-refractivity contribution in [1.82, 2.24) is 20.3 Å². The Kier molecular flexibility index (Phi) is 6.04. The minimum atomic E-state index is -1.61. The van der Waals surface area contributed by atoms with Gasteiger partial charge in [-0.15, -0.1) is 0 Å². The Morgan fingerprint density at radius 2 is 1.93 bits per heavy atom. The van der Waals surface area contributed by atoms with E-state index in [2.05, 4.69) is 20.3 Å². The lowest BCUT2D eigenvalue weighted by Crippen LogP contribution is -2.28. The van der Waals surface area contributed by atoms with E-state index in [9.17, 15) is 9.59 Å². The summed E-state index contributed by atoms with van der Waals surface area (Å²) in [6, 6.07) is 11.0. The van der Waals surface area contributed by atoms with Gasteiger partial charge in [-0.25, -0.2) is 19.6 Å². The number of benzene rings is 1. The number of carbonyl (C=O) groups is 2. The molecule has 0 amide bonds. The number of carbonyl (C=O) groups excluding carboxylic acids is 1. The topological polar surface area (TPSA) is 117 Å². The van der Waals surface area contributed by atoms with Gasteiger partial charge in [0.15, 0.2) is 5.65 Å². The number of aromatic nitrogens is 3. The SMILES string of the molecule is O=C(O)C(=O)OC(Cc1ccnc2nc(CC3CCNCC3)[nH]c12)c1ccccc1. The molecule has 1 saturated heterocycles. The van der Waals surface area contributed by atoms with Crippen LogP contribution in [0.2, 0.25) is 0 Å². The molecule has 8 heteroatoms. The number of aliphatic carboxylic acids is 1. The van der Waals surface area contributed by atoms with Gasteiger partial charge in [0.1, 0.15) is 11.9 Å². The first-order valence-corrected chi connectivity index (χ1v) is 10.1. The molecule has 3 heterocycles. The zero-order chi connectivity index (χ0) is 20.9. The molecule has 1 aromatic carbocycles. The van der Waals surface area contributed by atoms with Crippen molar-refractivity contribution < 1.29 is 19.4 Å². The van der Waals surface area contributed by atoms with Gasteiger partial charge in [-0.2, -0.15) is 0 Å². The minimum Gasteiger partial charge on any atom is -0.473 e. The molecule has 0 saturated carbocycles. The third-order valence-corrected chi connectivity index (χ3v) is 5.47. The van der Waals surface area contributed by atoms with Crippen molar-refractivity contribution in [3.05, 3.63) is 59.5 Å². The van der Waals surface area contributed by atoms with Gasteiger partial charge in [0.2, 0.25) is 0 Å². The summed E-state index contributed by atoms with van der Waals surface area (Å²) in [5.74, 6) is -1.40. The van der Waals surface area contributed by atoms with Crippen LogP contribution in [0.4, 0.5) is 0 Å². The highest BCUT2D eigenvalue weighted by atomic mass is 16.6. The Morgan fingerprint density at radius 3 is 2.67 bits per heavy atom. The van der Waals surface area contributed by atoms with Gasteiger partial charge >= 0.3 is 11.9 Å². The summed E-state index contributed by atoms with van der Waals surface area (Å²) in [6.07, 6.45) is 4.38. The molecule has 3 N–H and O–H groups in total. The van der Waals surface area contributed by atoms with Crippen molar-refractivity contribution in [2.24, 2.45) is 5.92 Å². The number of nitrogens with one attached hydrogen (secondary N) is 2. The summed E-state index contributed by atoms with van der Waals surface area (Å²) in [4.78, 5) is 35.2. The molecule has 8 nitrogen and oxygen atoms in total. The van der Waals surface area contributed by atoms with Crippen LogP contribution in [-0.2, 0) is 27.2 Å². The lowest BCUT2D eigenvalue weighted by molar-refractivity contribution is -0.167. The van der Waals surface area contributed by atoms with Crippen LogP contribution >= 0.6 is 0 Å². The fraction of sp³-hybridized carbons (Fsp3) is 0.364. The van der Waals surface area contributed by atoms with Gasteiger partial charge in [-0.3, -0.25) is 0 Å². The zero-order valence-corrected chi connectivity index (χ0v) is 16.5. The standard InChI is InChI=1S/C22H24N4O4/c27-21(28)22(29)30-17(15-4-2-1-3-5-15)13-16-8-11-24-20-19(16)25-18(26-20)12-14-6-9-23-10-7-14/h1-5,8,11,14,17,23H,6-7,9-10,12-13H2,(H,27,28)(H,24,25,26). The van der Waals surface area contributed by atoms with E-state index in [1.54, 1.807) is 6.20 Å². The second kappa shape index (κ2) is 9.04.